The molecule has 0 radical (unpaired) electrons. The normalized spacial score (nSPS) is 10.6. The number of carbonyl (C=O) groups is 1. The number of nitrogens with one attached hydrogen (secondary N) is 1. The number of nitrogens with zero attached hydrogens (tertiary/aromatic N) is 3. The van der Waals surface area contributed by atoms with Gasteiger partial charge < -0.3 is 10.1 Å². The predicted molar refractivity (Wildman–Crippen MR) is 102 cm³/mol. The van der Waals surface area contributed by atoms with E-state index >= 15 is 0 Å². The first-order chi connectivity index (χ1) is 12.9. The summed E-state index contributed by atoms with van der Waals surface area (Å²) in [7, 11) is 2.93. The summed E-state index contributed by atoms with van der Waals surface area (Å²) in [6.45, 7) is 3.95. The molecule has 1 amide bonds. The molecule has 3 rings (SSSR count). The molecular weight excluding hydrogens is 348 g/mol. The van der Waals surface area contributed by atoms with E-state index in [1.807, 2.05) is 0 Å². The second-order valence-electron chi connectivity index (χ2n) is 5.88. The largest absolute Gasteiger partial charge is 0.490 e. The van der Waals surface area contributed by atoms with E-state index in [9.17, 15) is 14.4 Å². The summed E-state index contributed by atoms with van der Waals surface area (Å²) >= 11 is 0. The van der Waals surface area contributed by atoms with Crippen molar-refractivity contribution in [1.82, 2.24) is 14.1 Å². The van der Waals surface area contributed by atoms with Crippen LogP contribution in [0.3, 0.4) is 0 Å². The molecule has 2 heterocycles. The van der Waals surface area contributed by atoms with E-state index < -0.39 is 11.2 Å². The van der Waals surface area contributed by atoms with Crippen LogP contribution >= 0.6 is 0 Å². The van der Waals surface area contributed by atoms with Gasteiger partial charge in [-0.2, -0.15) is 0 Å². The number of carbonyl (C=O) groups excluding carboxylic acids is 1. The quantitative estimate of drug-likeness (QED) is 0.690. The molecule has 0 aliphatic heterocycles. The molecule has 2 aromatic heterocycles. The molecule has 0 saturated carbocycles. The number of benzene rings is 1. The summed E-state index contributed by atoms with van der Waals surface area (Å²) in [6.07, 6.45) is 3.04. The average Bonchev–Trinajstić information content (AvgIpc) is 2.69. The van der Waals surface area contributed by atoms with Crippen molar-refractivity contribution in [3.05, 3.63) is 75.6 Å². The Balaban J connectivity index is 1.88. The minimum Gasteiger partial charge on any atom is -0.490 e. The minimum atomic E-state index is -0.472. The first-order valence-corrected chi connectivity index (χ1v) is 8.13. The molecule has 8 heteroatoms. The lowest BCUT2D eigenvalue weighted by molar-refractivity contribution is 0.102. The van der Waals surface area contributed by atoms with Crippen molar-refractivity contribution in [3.8, 4) is 5.75 Å². The standard InChI is InChI=1S/C19H18N4O4/c1-4-9-27-14-7-5-12(6-8-14)17(24)21-13-10-15-16(20-11-13)22(2)19(26)23(3)18(15)25/h4-8,10-11H,1,9H2,2-3H3,(H,21,24). The molecule has 138 valence electrons. The van der Waals surface area contributed by atoms with Gasteiger partial charge in [-0.25, -0.2) is 9.78 Å². The SMILES string of the molecule is C=CCOc1ccc(C(=O)Nc2cnc3c(c2)c(=O)n(C)c(=O)n3C)cc1. The summed E-state index contributed by atoms with van der Waals surface area (Å²) in [5.74, 6) is 0.274. The van der Waals surface area contributed by atoms with Crippen LogP contribution in [0.1, 0.15) is 10.4 Å². The van der Waals surface area contributed by atoms with Crippen molar-refractivity contribution in [3.63, 3.8) is 0 Å². The van der Waals surface area contributed by atoms with Crippen LogP contribution in [0, 0.1) is 0 Å². The Morgan fingerprint density at radius 3 is 2.59 bits per heavy atom. The molecule has 0 bridgehead atoms. The van der Waals surface area contributed by atoms with E-state index in [0.29, 0.717) is 23.6 Å². The number of hydrogen-bond donors (Lipinski definition) is 1. The van der Waals surface area contributed by atoms with E-state index in [-0.39, 0.29) is 16.9 Å². The van der Waals surface area contributed by atoms with Crippen molar-refractivity contribution >= 4 is 22.6 Å². The maximum atomic E-state index is 12.4. The van der Waals surface area contributed by atoms with Gasteiger partial charge in [0.1, 0.15) is 18.0 Å². The van der Waals surface area contributed by atoms with Crippen molar-refractivity contribution in [1.29, 1.82) is 0 Å². The third-order valence-electron chi connectivity index (χ3n) is 4.04. The third-order valence-corrected chi connectivity index (χ3v) is 4.04. The number of pyridine rings is 1. The van der Waals surface area contributed by atoms with Crippen LogP contribution in [0.5, 0.6) is 5.75 Å². The number of anilines is 1. The molecular formula is C19H18N4O4. The van der Waals surface area contributed by atoms with E-state index in [2.05, 4.69) is 16.9 Å². The molecule has 0 fully saturated rings. The topological polar surface area (TPSA) is 95.2 Å². The van der Waals surface area contributed by atoms with Crippen LogP contribution < -0.4 is 21.3 Å². The molecule has 0 saturated heterocycles. The Bertz CT molecular complexity index is 1140. The van der Waals surface area contributed by atoms with Gasteiger partial charge in [0.2, 0.25) is 0 Å². The molecule has 0 aliphatic rings. The first kappa shape index (κ1) is 18.1. The number of rotatable bonds is 5. The summed E-state index contributed by atoms with van der Waals surface area (Å²) in [5, 5.41) is 2.94. The van der Waals surface area contributed by atoms with Gasteiger partial charge in [-0.3, -0.25) is 18.7 Å². The molecule has 27 heavy (non-hydrogen) atoms. The van der Waals surface area contributed by atoms with Gasteiger partial charge in [-0.05, 0) is 30.3 Å². The molecule has 0 unspecified atom stereocenters. The number of fused-ring (bicyclic) bond motifs is 1. The maximum absolute atomic E-state index is 12.4. The zero-order valence-corrected chi connectivity index (χ0v) is 14.9. The van der Waals surface area contributed by atoms with E-state index in [1.54, 1.807) is 30.3 Å². The molecule has 8 nitrogen and oxygen atoms in total. The number of ether oxygens (including phenoxy) is 1. The number of aromatic nitrogens is 3. The smallest absolute Gasteiger partial charge is 0.332 e. The van der Waals surface area contributed by atoms with Gasteiger partial charge >= 0.3 is 5.69 Å². The van der Waals surface area contributed by atoms with Crippen molar-refractivity contribution in [2.75, 3.05) is 11.9 Å². The fourth-order valence-corrected chi connectivity index (χ4v) is 2.59. The highest BCUT2D eigenvalue weighted by atomic mass is 16.5. The van der Waals surface area contributed by atoms with Crippen LogP contribution in [0.25, 0.3) is 11.0 Å². The Labute approximate surface area is 154 Å². The fourth-order valence-electron chi connectivity index (χ4n) is 2.59. The number of aryl methyl sites for hydroxylation is 1. The van der Waals surface area contributed by atoms with Gasteiger partial charge in [0.25, 0.3) is 11.5 Å². The molecule has 3 aromatic rings. The van der Waals surface area contributed by atoms with E-state index in [4.69, 9.17) is 4.74 Å². The van der Waals surface area contributed by atoms with Gasteiger partial charge in [-0.1, -0.05) is 12.7 Å². The molecule has 0 aliphatic carbocycles. The Morgan fingerprint density at radius 1 is 1.22 bits per heavy atom. The van der Waals surface area contributed by atoms with Crippen molar-refractivity contribution < 1.29 is 9.53 Å². The number of hydrogen-bond acceptors (Lipinski definition) is 5. The van der Waals surface area contributed by atoms with Crippen molar-refractivity contribution in [2.45, 2.75) is 0 Å². The monoisotopic (exact) mass is 366 g/mol. The highest BCUT2D eigenvalue weighted by Gasteiger charge is 2.12. The zero-order chi connectivity index (χ0) is 19.6. The Hall–Kier alpha value is -3.68. The molecule has 1 aromatic carbocycles. The van der Waals surface area contributed by atoms with Crippen LogP contribution in [-0.4, -0.2) is 26.6 Å². The van der Waals surface area contributed by atoms with Crippen LogP contribution in [0.4, 0.5) is 5.69 Å². The summed E-state index contributed by atoms with van der Waals surface area (Å²) < 4.78 is 7.66. The highest BCUT2D eigenvalue weighted by molar-refractivity contribution is 6.04. The Morgan fingerprint density at radius 2 is 1.93 bits per heavy atom. The van der Waals surface area contributed by atoms with Crippen molar-refractivity contribution in [2.24, 2.45) is 14.1 Å². The number of amides is 1. The molecule has 0 spiro atoms. The summed E-state index contributed by atoms with van der Waals surface area (Å²) in [4.78, 5) is 40.8. The second-order valence-corrected chi connectivity index (χ2v) is 5.88. The van der Waals surface area contributed by atoms with Gasteiger partial charge in [0.05, 0.1) is 17.3 Å². The Kier molecular flexibility index (Phi) is 4.89. The summed E-state index contributed by atoms with van der Waals surface area (Å²) in [5.41, 5.74) is 0.102. The first-order valence-electron chi connectivity index (χ1n) is 8.13. The lowest BCUT2D eigenvalue weighted by Gasteiger charge is -2.09. The van der Waals surface area contributed by atoms with E-state index in [1.165, 1.54) is 30.9 Å². The fraction of sp³-hybridized carbons (Fsp3) is 0.158. The third kappa shape index (κ3) is 3.50. The average molecular weight is 366 g/mol. The summed E-state index contributed by atoms with van der Waals surface area (Å²) in [6, 6.07) is 8.13. The van der Waals surface area contributed by atoms with E-state index in [0.717, 1.165) is 4.57 Å². The van der Waals surface area contributed by atoms with Gasteiger partial charge in [-0.15, -0.1) is 0 Å². The van der Waals surface area contributed by atoms with Crippen LogP contribution in [0.2, 0.25) is 0 Å². The zero-order valence-electron chi connectivity index (χ0n) is 14.9. The molecule has 0 atom stereocenters. The lowest BCUT2D eigenvalue weighted by atomic mass is 10.2. The van der Waals surface area contributed by atoms with Gasteiger partial charge in [0, 0.05) is 19.7 Å². The van der Waals surface area contributed by atoms with Gasteiger partial charge in [0.15, 0.2) is 0 Å². The highest BCUT2D eigenvalue weighted by Crippen LogP contribution is 2.16. The molecule has 1 N–H and O–H groups in total. The van der Waals surface area contributed by atoms with Crippen LogP contribution in [-0.2, 0) is 14.1 Å². The lowest BCUT2D eigenvalue weighted by Crippen LogP contribution is -2.37. The maximum Gasteiger partial charge on any atom is 0.332 e. The minimum absolute atomic E-state index is 0.241. The van der Waals surface area contributed by atoms with Crippen LogP contribution in [0.15, 0.2) is 58.8 Å². The second kappa shape index (κ2) is 7.28. The predicted octanol–water partition coefficient (Wildman–Crippen LogP) is 1.45.